The van der Waals surface area contributed by atoms with Crippen LogP contribution in [0.3, 0.4) is 0 Å². The van der Waals surface area contributed by atoms with E-state index in [2.05, 4.69) is 10.1 Å². The Morgan fingerprint density at radius 3 is 2.50 bits per heavy atom. The molecule has 5 nitrogen and oxygen atoms in total. The number of aliphatic hydroxyl groups is 1. The van der Waals surface area contributed by atoms with Gasteiger partial charge in [0.1, 0.15) is 6.23 Å². The van der Waals surface area contributed by atoms with E-state index in [1.807, 2.05) is 11.9 Å². The Morgan fingerprint density at radius 1 is 1.35 bits per heavy atom. The first-order valence-corrected chi connectivity index (χ1v) is 6.92. The molecule has 0 bridgehead atoms. The molecule has 110 valence electrons. The van der Waals surface area contributed by atoms with Crippen LogP contribution >= 0.6 is 0 Å². The van der Waals surface area contributed by atoms with Gasteiger partial charge in [0.2, 0.25) is 0 Å². The second-order valence-electron chi connectivity index (χ2n) is 5.13. The van der Waals surface area contributed by atoms with E-state index in [0.29, 0.717) is 11.6 Å². The molecule has 20 heavy (non-hydrogen) atoms. The molecular weight excluding hydrogens is 256 g/mol. The van der Waals surface area contributed by atoms with Gasteiger partial charge in [-0.2, -0.15) is 0 Å². The maximum absolute atomic E-state index is 11.4. The van der Waals surface area contributed by atoms with Crippen molar-refractivity contribution in [1.82, 2.24) is 10.2 Å². The maximum Gasteiger partial charge on any atom is 0.337 e. The van der Waals surface area contributed by atoms with Crippen LogP contribution < -0.4 is 5.32 Å². The van der Waals surface area contributed by atoms with Gasteiger partial charge in [-0.1, -0.05) is 12.1 Å². The van der Waals surface area contributed by atoms with E-state index in [1.165, 1.54) is 7.11 Å². The molecule has 0 radical (unpaired) electrons. The molecule has 0 spiro atoms. The number of methoxy groups -OCH3 is 1. The lowest BCUT2D eigenvalue weighted by Gasteiger charge is -2.35. The van der Waals surface area contributed by atoms with Gasteiger partial charge in [-0.05, 0) is 50.7 Å². The number of nitrogens with zero attached hydrogens (tertiary/aromatic N) is 1. The number of benzene rings is 1. The summed E-state index contributed by atoms with van der Waals surface area (Å²) in [7, 11) is 3.30. The third-order valence-electron chi connectivity index (χ3n) is 3.90. The number of ether oxygens (including phenoxy) is 1. The minimum Gasteiger partial charge on any atom is -0.465 e. The first-order valence-electron chi connectivity index (χ1n) is 6.92. The summed E-state index contributed by atoms with van der Waals surface area (Å²) in [6.07, 6.45) is 1.42. The molecule has 0 saturated carbocycles. The molecule has 1 aromatic carbocycles. The number of piperidine rings is 1. The second-order valence-corrected chi connectivity index (χ2v) is 5.13. The number of hydrogen-bond acceptors (Lipinski definition) is 5. The van der Waals surface area contributed by atoms with Crippen LogP contribution in [0.2, 0.25) is 0 Å². The number of hydrogen-bond donors (Lipinski definition) is 2. The fourth-order valence-corrected chi connectivity index (χ4v) is 2.56. The van der Waals surface area contributed by atoms with Crippen LogP contribution in [0.25, 0.3) is 0 Å². The van der Waals surface area contributed by atoms with Gasteiger partial charge in [-0.15, -0.1) is 0 Å². The summed E-state index contributed by atoms with van der Waals surface area (Å²) in [4.78, 5) is 13.4. The summed E-state index contributed by atoms with van der Waals surface area (Å²) < 4.78 is 4.66. The van der Waals surface area contributed by atoms with Gasteiger partial charge >= 0.3 is 5.97 Å². The molecule has 1 atom stereocenters. The van der Waals surface area contributed by atoms with Crippen molar-refractivity contribution in [2.45, 2.75) is 25.1 Å². The first-order chi connectivity index (χ1) is 9.63. The molecule has 1 aromatic rings. The summed E-state index contributed by atoms with van der Waals surface area (Å²) in [6, 6.07) is 7.29. The van der Waals surface area contributed by atoms with E-state index in [1.54, 1.807) is 24.3 Å². The summed E-state index contributed by atoms with van der Waals surface area (Å²) in [5.41, 5.74) is 1.28. The van der Waals surface area contributed by atoms with Crippen LogP contribution in [-0.2, 0) is 4.74 Å². The van der Waals surface area contributed by atoms with Crippen LogP contribution in [-0.4, -0.2) is 49.3 Å². The Hall–Kier alpha value is -1.43. The van der Waals surface area contributed by atoms with Crippen molar-refractivity contribution < 1.29 is 14.6 Å². The number of carbonyl (C=O) groups is 1. The molecule has 0 amide bonds. The highest BCUT2D eigenvalue weighted by Gasteiger charge is 2.24. The van der Waals surface area contributed by atoms with Gasteiger partial charge in [-0.3, -0.25) is 4.90 Å². The molecule has 0 aliphatic carbocycles. The lowest BCUT2D eigenvalue weighted by atomic mass is 10.0. The molecule has 1 heterocycles. The van der Waals surface area contributed by atoms with Gasteiger partial charge in [-0.25, -0.2) is 4.79 Å². The summed E-state index contributed by atoms with van der Waals surface area (Å²) in [5.74, 6) is -0.363. The Kier molecular flexibility index (Phi) is 5.11. The summed E-state index contributed by atoms with van der Waals surface area (Å²) in [6.45, 7) is 1.98. The molecule has 1 aliphatic rings. The van der Waals surface area contributed by atoms with E-state index >= 15 is 0 Å². The molecule has 1 fully saturated rings. The largest absolute Gasteiger partial charge is 0.465 e. The Balaban J connectivity index is 2.04. The fraction of sp³-hybridized carbons (Fsp3) is 0.533. The molecule has 5 heteroatoms. The highest BCUT2D eigenvalue weighted by atomic mass is 16.5. The fourth-order valence-electron chi connectivity index (χ4n) is 2.56. The van der Waals surface area contributed by atoms with Crippen LogP contribution in [0.15, 0.2) is 24.3 Å². The van der Waals surface area contributed by atoms with Gasteiger partial charge in [0.15, 0.2) is 0 Å². The zero-order valence-corrected chi connectivity index (χ0v) is 12.0. The van der Waals surface area contributed by atoms with Crippen LogP contribution in [0.5, 0.6) is 0 Å². The van der Waals surface area contributed by atoms with Crippen molar-refractivity contribution in [3.05, 3.63) is 35.4 Å². The maximum atomic E-state index is 11.4. The predicted molar refractivity (Wildman–Crippen MR) is 76.4 cm³/mol. The van der Waals surface area contributed by atoms with Crippen molar-refractivity contribution in [2.24, 2.45) is 0 Å². The smallest absolute Gasteiger partial charge is 0.337 e. The van der Waals surface area contributed by atoms with Gasteiger partial charge < -0.3 is 15.2 Å². The zero-order chi connectivity index (χ0) is 14.5. The topological polar surface area (TPSA) is 61.8 Å². The molecule has 0 aromatic heterocycles. The van der Waals surface area contributed by atoms with Crippen LogP contribution in [0.4, 0.5) is 0 Å². The average molecular weight is 278 g/mol. The van der Waals surface area contributed by atoms with Gasteiger partial charge in [0.25, 0.3) is 0 Å². The number of nitrogens with one attached hydrogen (secondary N) is 1. The van der Waals surface area contributed by atoms with Crippen LogP contribution in [0, 0.1) is 0 Å². The monoisotopic (exact) mass is 278 g/mol. The number of aliphatic hydroxyl groups excluding tert-OH is 1. The normalized spacial score (nSPS) is 18.0. The third-order valence-corrected chi connectivity index (χ3v) is 3.90. The minimum atomic E-state index is -0.648. The minimum absolute atomic E-state index is 0.363. The number of carbonyl (C=O) groups excluding carboxylic acids is 1. The predicted octanol–water partition coefficient (Wildman–Crippen LogP) is 1.15. The van der Waals surface area contributed by atoms with E-state index in [9.17, 15) is 9.90 Å². The number of esters is 1. The lowest BCUT2D eigenvalue weighted by molar-refractivity contribution is -0.0159. The van der Waals surface area contributed by atoms with Gasteiger partial charge in [0.05, 0.1) is 12.7 Å². The first kappa shape index (κ1) is 15.0. The number of rotatable bonds is 4. The Labute approximate surface area is 119 Å². The molecule has 1 saturated heterocycles. The summed E-state index contributed by atoms with van der Waals surface area (Å²) in [5, 5.41) is 13.7. The second kappa shape index (κ2) is 6.83. The molecular formula is C15H22N2O3. The van der Waals surface area contributed by atoms with Crippen molar-refractivity contribution >= 4 is 5.97 Å². The summed E-state index contributed by atoms with van der Waals surface area (Å²) >= 11 is 0. The van der Waals surface area contributed by atoms with E-state index in [4.69, 9.17) is 0 Å². The Morgan fingerprint density at radius 2 is 1.95 bits per heavy atom. The molecule has 2 N–H and O–H groups in total. The van der Waals surface area contributed by atoms with Crippen molar-refractivity contribution in [3.8, 4) is 0 Å². The SMILES string of the molecule is COC(=O)c1ccc(C(O)N(C)C2CCNCC2)cc1. The molecule has 1 aliphatic heterocycles. The van der Waals surface area contributed by atoms with Crippen molar-refractivity contribution in [3.63, 3.8) is 0 Å². The van der Waals surface area contributed by atoms with Gasteiger partial charge in [0, 0.05) is 6.04 Å². The van der Waals surface area contributed by atoms with Crippen molar-refractivity contribution in [2.75, 3.05) is 27.2 Å². The van der Waals surface area contributed by atoms with E-state index in [-0.39, 0.29) is 5.97 Å². The van der Waals surface area contributed by atoms with Crippen molar-refractivity contribution in [1.29, 1.82) is 0 Å². The molecule has 2 rings (SSSR count). The highest BCUT2D eigenvalue weighted by molar-refractivity contribution is 5.89. The average Bonchev–Trinajstić information content (AvgIpc) is 2.53. The highest BCUT2D eigenvalue weighted by Crippen LogP contribution is 2.22. The molecule has 1 unspecified atom stereocenters. The van der Waals surface area contributed by atoms with Crippen LogP contribution in [0.1, 0.15) is 35.0 Å². The standard InChI is InChI=1S/C15H22N2O3/c1-17(13-7-9-16-10-8-13)14(18)11-3-5-12(6-4-11)15(19)20-2/h3-6,13-14,16,18H,7-10H2,1-2H3. The third kappa shape index (κ3) is 3.36. The zero-order valence-electron chi connectivity index (χ0n) is 12.0. The van der Waals surface area contributed by atoms with E-state index in [0.717, 1.165) is 31.5 Å². The Bertz CT molecular complexity index is 441. The quantitative estimate of drug-likeness (QED) is 0.639. The van der Waals surface area contributed by atoms with E-state index < -0.39 is 6.23 Å². The lowest BCUT2D eigenvalue weighted by Crippen LogP contribution is -2.42.